The van der Waals surface area contributed by atoms with Gasteiger partial charge in [0.1, 0.15) is 5.15 Å². The minimum atomic E-state index is 0. The van der Waals surface area contributed by atoms with Gasteiger partial charge in [-0.05, 0) is 26.0 Å². The van der Waals surface area contributed by atoms with Crippen LogP contribution >= 0.6 is 24.0 Å². The molecular formula is C9H14Cl2N4. The summed E-state index contributed by atoms with van der Waals surface area (Å²) in [6.45, 7) is 3.93. The van der Waals surface area contributed by atoms with Crippen LogP contribution in [0.3, 0.4) is 0 Å². The van der Waals surface area contributed by atoms with Gasteiger partial charge in [0.25, 0.3) is 0 Å². The zero-order chi connectivity index (χ0) is 9.97. The number of hydrogen-bond donors (Lipinski definition) is 2. The smallest absolute Gasteiger partial charge is 0.224 e. The van der Waals surface area contributed by atoms with Crippen molar-refractivity contribution in [2.75, 3.05) is 18.4 Å². The second-order valence-electron chi connectivity index (χ2n) is 3.49. The number of hydrogen-bond acceptors (Lipinski definition) is 4. The van der Waals surface area contributed by atoms with Crippen molar-refractivity contribution in [1.82, 2.24) is 15.3 Å². The summed E-state index contributed by atoms with van der Waals surface area (Å²) in [4.78, 5) is 8.38. The molecule has 1 saturated heterocycles. The largest absolute Gasteiger partial charge is 0.350 e. The van der Waals surface area contributed by atoms with Crippen molar-refractivity contribution in [2.45, 2.75) is 19.4 Å². The molecule has 6 heteroatoms. The van der Waals surface area contributed by atoms with Gasteiger partial charge in [0, 0.05) is 18.3 Å². The summed E-state index contributed by atoms with van der Waals surface area (Å²) in [6.07, 6.45) is 1.11. The number of halogens is 2. The average molecular weight is 249 g/mol. The van der Waals surface area contributed by atoms with Crippen molar-refractivity contribution in [3.63, 3.8) is 0 Å². The fraction of sp³-hybridized carbons (Fsp3) is 0.556. The highest BCUT2D eigenvalue weighted by atomic mass is 35.5. The molecule has 1 unspecified atom stereocenters. The van der Waals surface area contributed by atoms with E-state index in [1.807, 2.05) is 6.92 Å². The molecule has 2 heterocycles. The van der Waals surface area contributed by atoms with Crippen molar-refractivity contribution in [2.24, 2.45) is 0 Å². The van der Waals surface area contributed by atoms with E-state index in [4.69, 9.17) is 11.6 Å². The van der Waals surface area contributed by atoms with E-state index < -0.39 is 0 Å². The first-order valence-electron chi connectivity index (χ1n) is 4.72. The molecule has 15 heavy (non-hydrogen) atoms. The molecule has 0 radical (unpaired) electrons. The summed E-state index contributed by atoms with van der Waals surface area (Å²) in [5.41, 5.74) is 0.887. The van der Waals surface area contributed by atoms with Gasteiger partial charge in [0.15, 0.2) is 0 Å². The summed E-state index contributed by atoms with van der Waals surface area (Å²) in [7, 11) is 0. The van der Waals surface area contributed by atoms with E-state index in [0.29, 0.717) is 17.1 Å². The molecule has 0 bridgehead atoms. The third-order valence-corrected chi connectivity index (χ3v) is 2.41. The van der Waals surface area contributed by atoms with Gasteiger partial charge in [0.2, 0.25) is 5.95 Å². The predicted molar refractivity (Wildman–Crippen MR) is 63.9 cm³/mol. The van der Waals surface area contributed by atoms with Gasteiger partial charge >= 0.3 is 0 Å². The second-order valence-corrected chi connectivity index (χ2v) is 3.88. The first-order valence-corrected chi connectivity index (χ1v) is 5.10. The van der Waals surface area contributed by atoms with E-state index in [1.54, 1.807) is 6.07 Å². The van der Waals surface area contributed by atoms with Crippen molar-refractivity contribution in [3.8, 4) is 0 Å². The topological polar surface area (TPSA) is 49.8 Å². The normalized spacial score (nSPS) is 19.7. The number of rotatable bonds is 2. The minimum absolute atomic E-state index is 0. The van der Waals surface area contributed by atoms with Crippen LogP contribution in [-0.2, 0) is 0 Å². The summed E-state index contributed by atoms with van der Waals surface area (Å²) >= 11 is 5.83. The van der Waals surface area contributed by atoms with Crippen molar-refractivity contribution in [1.29, 1.82) is 0 Å². The Hall–Kier alpha value is -0.580. The zero-order valence-electron chi connectivity index (χ0n) is 8.46. The monoisotopic (exact) mass is 248 g/mol. The number of nitrogens with zero attached hydrogens (tertiary/aromatic N) is 2. The Bertz CT molecular complexity index is 306. The summed E-state index contributed by atoms with van der Waals surface area (Å²) in [5, 5.41) is 7.02. The Balaban J connectivity index is 0.00000112. The Labute approximate surface area is 100 Å². The Kier molecular flexibility index (Phi) is 4.57. The lowest BCUT2D eigenvalue weighted by molar-refractivity contribution is 0.779. The maximum Gasteiger partial charge on any atom is 0.224 e. The molecule has 0 spiro atoms. The molecule has 1 fully saturated rings. The molecule has 2 rings (SSSR count). The lowest BCUT2D eigenvalue weighted by atomic mass is 10.3. The highest BCUT2D eigenvalue weighted by Crippen LogP contribution is 2.11. The van der Waals surface area contributed by atoms with Crippen LogP contribution in [0.4, 0.5) is 5.95 Å². The molecule has 0 aromatic carbocycles. The Morgan fingerprint density at radius 3 is 2.93 bits per heavy atom. The van der Waals surface area contributed by atoms with Gasteiger partial charge in [-0.1, -0.05) is 11.6 Å². The lowest BCUT2D eigenvalue weighted by Crippen LogP contribution is -2.23. The van der Waals surface area contributed by atoms with Crippen LogP contribution in [-0.4, -0.2) is 29.1 Å². The number of aryl methyl sites for hydroxylation is 1. The van der Waals surface area contributed by atoms with E-state index in [9.17, 15) is 0 Å². The van der Waals surface area contributed by atoms with Crippen LogP contribution in [0.1, 0.15) is 12.1 Å². The van der Waals surface area contributed by atoms with Gasteiger partial charge in [0.05, 0.1) is 0 Å². The van der Waals surface area contributed by atoms with E-state index in [2.05, 4.69) is 20.6 Å². The van der Waals surface area contributed by atoms with Crippen LogP contribution in [0.2, 0.25) is 5.15 Å². The molecule has 0 saturated carbocycles. The average Bonchev–Trinajstić information content (AvgIpc) is 2.54. The number of anilines is 1. The third-order valence-electron chi connectivity index (χ3n) is 2.22. The molecule has 1 aliphatic heterocycles. The summed E-state index contributed by atoms with van der Waals surface area (Å²) < 4.78 is 0. The second kappa shape index (κ2) is 5.49. The van der Waals surface area contributed by atoms with Crippen LogP contribution in [0, 0.1) is 6.92 Å². The van der Waals surface area contributed by atoms with Crippen LogP contribution in [0.5, 0.6) is 0 Å². The molecular weight excluding hydrogens is 235 g/mol. The summed E-state index contributed by atoms with van der Waals surface area (Å²) in [6, 6.07) is 2.17. The molecule has 1 aliphatic rings. The lowest BCUT2D eigenvalue weighted by Gasteiger charge is -2.11. The molecule has 0 aliphatic carbocycles. The van der Waals surface area contributed by atoms with Crippen LogP contribution in [0.15, 0.2) is 6.07 Å². The Morgan fingerprint density at radius 1 is 1.53 bits per heavy atom. The molecule has 84 valence electrons. The number of nitrogens with one attached hydrogen (secondary N) is 2. The van der Waals surface area contributed by atoms with Crippen LogP contribution in [0.25, 0.3) is 0 Å². The van der Waals surface area contributed by atoms with E-state index in [1.165, 1.54) is 0 Å². The fourth-order valence-corrected chi connectivity index (χ4v) is 1.79. The van der Waals surface area contributed by atoms with Gasteiger partial charge in [-0.3, -0.25) is 0 Å². The molecule has 1 atom stereocenters. The Morgan fingerprint density at radius 2 is 2.33 bits per heavy atom. The van der Waals surface area contributed by atoms with E-state index >= 15 is 0 Å². The van der Waals surface area contributed by atoms with Crippen molar-refractivity contribution >= 4 is 30.0 Å². The van der Waals surface area contributed by atoms with Crippen LogP contribution < -0.4 is 10.6 Å². The first kappa shape index (κ1) is 12.5. The molecule has 2 N–H and O–H groups in total. The molecule has 4 nitrogen and oxygen atoms in total. The van der Waals surface area contributed by atoms with Crippen molar-refractivity contribution in [3.05, 3.63) is 16.9 Å². The quantitative estimate of drug-likeness (QED) is 0.782. The van der Waals surface area contributed by atoms with Gasteiger partial charge in [-0.25, -0.2) is 9.97 Å². The zero-order valence-corrected chi connectivity index (χ0v) is 10.0. The van der Waals surface area contributed by atoms with E-state index in [-0.39, 0.29) is 12.4 Å². The minimum Gasteiger partial charge on any atom is -0.350 e. The molecule has 1 aromatic heterocycles. The van der Waals surface area contributed by atoms with Gasteiger partial charge in [-0.15, -0.1) is 12.4 Å². The summed E-state index contributed by atoms with van der Waals surface area (Å²) in [5.74, 6) is 0.628. The molecule has 0 amide bonds. The first-order chi connectivity index (χ1) is 6.74. The SMILES string of the molecule is Cc1cc(Cl)nc(NC2CCNC2)n1.Cl. The number of aromatic nitrogens is 2. The van der Waals surface area contributed by atoms with Gasteiger partial charge < -0.3 is 10.6 Å². The fourth-order valence-electron chi connectivity index (χ4n) is 1.56. The van der Waals surface area contributed by atoms with Gasteiger partial charge in [-0.2, -0.15) is 0 Å². The highest BCUT2D eigenvalue weighted by molar-refractivity contribution is 6.29. The maximum absolute atomic E-state index is 5.83. The highest BCUT2D eigenvalue weighted by Gasteiger charge is 2.15. The van der Waals surface area contributed by atoms with Crippen molar-refractivity contribution < 1.29 is 0 Å². The molecule has 1 aromatic rings. The van der Waals surface area contributed by atoms with E-state index in [0.717, 1.165) is 25.2 Å². The predicted octanol–water partition coefficient (Wildman–Crippen LogP) is 1.63. The standard InChI is InChI=1S/C9H13ClN4.ClH/c1-6-4-8(10)14-9(12-6)13-7-2-3-11-5-7;/h4,7,11H,2-3,5H2,1H3,(H,12,13,14);1H. The third kappa shape index (κ3) is 3.48. The maximum atomic E-state index is 5.83.